The molecule has 0 bridgehead atoms. The van der Waals surface area contributed by atoms with Gasteiger partial charge in [0.25, 0.3) is 0 Å². The predicted octanol–water partition coefficient (Wildman–Crippen LogP) is 4.46. The zero-order valence-corrected chi connectivity index (χ0v) is 17.1. The first kappa shape index (κ1) is 21.6. The summed E-state index contributed by atoms with van der Waals surface area (Å²) in [6.45, 7) is 7.75. The van der Waals surface area contributed by atoms with Crippen LogP contribution in [0.25, 0.3) is 10.8 Å². The molecule has 0 saturated heterocycles. The van der Waals surface area contributed by atoms with Gasteiger partial charge in [0.15, 0.2) is 0 Å². The molecule has 0 aliphatic carbocycles. The minimum Gasteiger partial charge on any atom is -0.462 e. The van der Waals surface area contributed by atoms with Gasteiger partial charge in [-0.3, -0.25) is 4.79 Å². The van der Waals surface area contributed by atoms with E-state index in [-0.39, 0.29) is 18.8 Å². The molecule has 0 radical (unpaired) electrons. The number of esters is 2. The lowest BCUT2D eigenvalue weighted by molar-refractivity contribution is 0.0522. The van der Waals surface area contributed by atoms with Gasteiger partial charge in [-0.1, -0.05) is 51.0 Å². The van der Waals surface area contributed by atoms with Crippen molar-refractivity contribution in [1.82, 2.24) is 0 Å². The van der Waals surface area contributed by atoms with E-state index in [1.165, 1.54) is 0 Å². The fourth-order valence-corrected chi connectivity index (χ4v) is 3.54. The van der Waals surface area contributed by atoms with Gasteiger partial charge in [0.1, 0.15) is 5.56 Å². The number of carbonyl (C=O) groups is 2. The molecule has 0 saturated carbocycles. The van der Waals surface area contributed by atoms with Gasteiger partial charge in [0, 0.05) is 5.39 Å². The number of ether oxygens (including phenoxy) is 2. The minimum absolute atomic E-state index is 0.0506. The number of hydrogen-bond donors (Lipinski definition) is 0. The summed E-state index contributed by atoms with van der Waals surface area (Å²) < 4.78 is 10.5. The molecule has 5 heteroatoms. The van der Waals surface area contributed by atoms with Crippen LogP contribution in [0.3, 0.4) is 0 Å². The van der Waals surface area contributed by atoms with Gasteiger partial charge < -0.3 is 9.47 Å². The molecule has 0 spiro atoms. The zero-order valence-electron chi connectivity index (χ0n) is 17.1. The molecular weight excluding hydrogens is 356 g/mol. The van der Waals surface area contributed by atoms with Crippen LogP contribution in [-0.2, 0) is 22.3 Å². The van der Waals surface area contributed by atoms with E-state index in [0.29, 0.717) is 41.2 Å². The maximum Gasteiger partial charge on any atom is 0.342 e. The largest absolute Gasteiger partial charge is 0.462 e. The Balaban J connectivity index is 3.13. The summed E-state index contributed by atoms with van der Waals surface area (Å²) in [4.78, 5) is 39.1. The third-order valence-corrected chi connectivity index (χ3v) is 4.59. The van der Waals surface area contributed by atoms with Crippen LogP contribution in [0.2, 0.25) is 0 Å². The van der Waals surface area contributed by atoms with E-state index < -0.39 is 17.4 Å². The molecule has 0 unspecified atom stereocenters. The summed E-state index contributed by atoms with van der Waals surface area (Å²) in [5, 5.41) is 1.10. The first-order chi connectivity index (χ1) is 13.5. The van der Waals surface area contributed by atoms with Crippen LogP contribution in [-0.4, -0.2) is 25.2 Å². The second kappa shape index (κ2) is 10.0. The third-order valence-electron chi connectivity index (χ3n) is 4.59. The van der Waals surface area contributed by atoms with Crippen molar-refractivity contribution in [1.29, 1.82) is 0 Å². The van der Waals surface area contributed by atoms with Crippen LogP contribution >= 0.6 is 0 Å². The molecule has 0 aliphatic heterocycles. The van der Waals surface area contributed by atoms with Gasteiger partial charge in [-0.15, -0.1) is 0 Å². The molecule has 0 atom stereocenters. The molecule has 5 nitrogen and oxygen atoms in total. The van der Waals surface area contributed by atoms with Crippen molar-refractivity contribution in [3.05, 3.63) is 56.7 Å². The Bertz CT molecular complexity index is 930. The van der Waals surface area contributed by atoms with E-state index in [0.717, 1.165) is 12.0 Å². The second-order valence-corrected chi connectivity index (χ2v) is 6.52. The highest BCUT2D eigenvalue weighted by Gasteiger charge is 2.27. The van der Waals surface area contributed by atoms with Gasteiger partial charge in [0.2, 0.25) is 5.43 Å². The summed E-state index contributed by atoms with van der Waals surface area (Å²) >= 11 is 0. The van der Waals surface area contributed by atoms with E-state index in [4.69, 9.17) is 9.47 Å². The molecular formula is C23H28O5. The van der Waals surface area contributed by atoms with Crippen molar-refractivity contribution >= 4 is 22.7 Å². The summed E-state index contributed by atoms with van der Waals surface area (Å²) in [5.41, 5.74) is 1.08. The first-order valence-electron chi connectivity index (χ1n) is 9.96. The summed E-state index contributed by atoms with van der Waals surface area (Å²) in [6, 6.07) is 7.12. The zero-order chi connectivity index (χ0) is 20.7. The molecule has 0 heterocycles. The fraction of sp³-hybridized carbons (Fsp3) is 0.435. The van der Waals surface area contributed by atoms with Crippen LogP contribution in [0.5, 0.6) is 0 Å². The minimum atomic E-state index is -0.690. The lowest BCUT2D eigenvalue weighted by Gasteiger charge is -2.13. The lowest BCUT2D eigenvalue weighted by atomic mass is 9.94. The van der Waals surface area contributed by atoms with Gasteiger partial charge in [-0.25, -0.2) is 9.59 Å². The Morgan fingerprint density at radius 2 is 1.25 bits per heavy atom. The van der Waals surface area contributed by atoms with Crippen molar-refractivity contribution in [3.8, 4) is 0 Å². The highest BCUT2D eigenvalue weighted by molar-refractivity contribution is 6.04. The van der Waals surface area contributed by atoms with Gasteiger partial charge in [-0.05, 0) is 43.2 Å². The van der Waals surface area contributed by atoms with E-state index in [1.807, 2.05) is 26.0 Å². The smallest absolute Gasteiger partial charge is 0.342 e. The summed E-state index contributed by atoms with van der Waals surface area (Å²) in [6.07, 6.45) is 2.47. The number of fused-ring (bicyclic) bond motifs is 1. The number of rotatable bonds is 8. The van der Waals surface area contributed by atoms with Crippen LogP contribution < -0.4 is 5.43 Å². The fourth-order valence-electron chi connectivity index (χ4n) is 3.54. The topological polar surface area (TPSA) is 69.7 Å². The number of hydrogen-bond acceptors (Lipinski definition) is 5. The Hall–Kier alpha value is -2.69. The molecule has 150 valence electrons. The summed E-state index contributed by atoms with van der Waals surface area (Å²) in [5.74, 6) is -1.19. The Kier molecular flexibility index (Phi) is 7.73. The number of carbonyl (C=O) groups excluding carboxylic acids is 2. The molecule has 28 heavy (non-hydrogen) atoms. The van der Waals surface area contributed by atoms with Crippen LogP contribution in [0.1, 0.15) is 72.4 Å². The quantitative estimate of drug-likeness (QED) is 0.629. The van der Waals surface area contributed by atoms with Crippen molar-refractivity contribution in [2.24, 2.45) is 0 Å². The monoisotopic (exact) mass is 384 g/mol. The lowest BCUT2D eigenvalue weighted by Crippen LogP contribution is -2.21. The molecule has 2 rings (SSSR count). The predicted molar refractivity (Wildman–Crippen MR) is 110 cm³/mol. The standard InChI is InChI=1S/C23H28O5/c1-5-11-16-15-13-9-10-14-17(15)21(24)20(23(26)28-8-4)18(12-6-2)19(16)22(25)27-7-3/h9-10,13-14H,5-8,11-12H2,1-4H3. The normalized spacial score (nSPS) is 10.7. The van der Waals surface area contributed by atoms with Crippen LogP contribution in [0.15, 0.2) is 29.1 Å². The van der Waals surface area contributed by atoms with Gasteiger partial charge in [-0.2, -0.15) is 0 Å². The molecule has 0 aliphatic rings. The molecule has 0 fully saturated rings. The van der Waals surface area contributed by atoms with E-state index >= 15 is 0 Å². The maximum absolute atomic E-state index is 13.4. The SMILES string of the molecule is CCCc1c(C(=O)OCC)c(CCC)c2ccccc2c(=O)c1C(=O)OCC. The summed E-state index contributed by atoms with van der Waals surface area (Å²) in [7, 11) is 0. The maximum atomic E-state index is 13.4. The molecule has 2 aromatic rings. The average molecular weight is 384 g/mol. The first-order valence-corrected chi connectivity index (χ1v) is 9.96. The Morgan fingerprint density at radius 3 is 1.79 bits per heavy atom. The average Bonchev–Trinajstić information content (AvgIpc) is 2.77. The van der Waals surface area contributed by atoms with E-state index in [2.05, 4.69) is 0 Å². The number of aryl methyl sites for hydroxylation is 1. The van der Waals surface area contributed by atoms with E-state index in [9.17, 15) is 14.4 Å². The highest BCUT2D eigenvalue weighted by atomic mass is 16.5. The van der Waals surface area contributed by atoms with Crippen LogP contribution in [0, 0.1) is 0 Å². The molecule has 0 N–H and O–H groups in total. The van der Waals surface area contributed by atoms with Gasteiger partial charge >= 0.3 is 11.9 Å². The second-order valence-electron chi connectivity index (χ2n) is 6.52. The van der Waals surface area contributed by atoms with Crippen molar-refractivity contribution < 1.29 is 19.1 Å². The highest BCUT2D eigenvalue weighted by Crippen LogP contribution is 2.27. The third kappa shape index (κ3) is 4.24. The van der Waals surface area contributed by atoms with E-state index in [1.54, 1.807) is 26.0 Å². The number of benzene rings is 1. The molecule has 0 aromatic heterocycles. The van der Waals surface area contributed by atoms with Crippen molar-refractivity contribution in [3.63, 3.8) is 0 Å². The molecule has 0 amide bonds. The Morgan fingerprint density at radius 1 is 0.750 bits per heavy atom. The van der Waals surface area contributed by atoms with Crippen molar-refractivity contribution in [2.75, 3.05) is 13.2 Å². The van der Waals surface area contributed by atoms with Gasteiger partial charge in [0.05, 0.1) is 18.8 Å². The Labute approximate surface area is 165 Å². The van der Waals surface area contributed by atoms with Crippen molar-refractivity contribution in [2.45, 2.75) is 53.4 Å². The molecule has 2 aromatic carbocycles. The van der Waals surface area contributed by atoms with Crippen LogP contribution in [0.4, 0.5) is 0 Å².